The Morgan fingerprint density at radius 3 is 2.62 bits per heavy atom. The van der Waals surface area contributed by atoms with E-state index >= 15 is 0 Å². The first-order chi connectivity index (χ1) is 15.5. The quantitative estimate of drug-likeness (QED) is 0.501. The molecule has 2 aromatic carbocycles. The molecule has 1 aromatic heterocycles. The van der Waals surface area contributed by atoms with Gasteiger partial charge in [0.05, 0.1) is 24.5 Å². The van der Waals surface area contributed by atoms with Crippen LogP contribution in [0.1, 0.15) is 38.3 Å². The van der Waals surface area contributed by atoms with Crippen LogP contribution in [0.2, 0.25) is 0 Å². The van der Waals surface area contributed by atoms with E-state index in [4.69, 9.17) is 11.0 Å². The van der Waals surface area contributed by atoms with Crippen LogP contribution in [-0.2, 0) is 19.5 Å². The molecular weight excluding hydrogens is 400 g/mol. The van der Waals surface area contributed by atoms with E-state index in [2.05, 4.69) is 39.6 Å². The number of amides is 1. The second kappa shape index (κ2) is 9.35. The minimum absolute atomic E-state index is 0.343. The van der Waals surface area contributed by atoms with Crippen molar-refractivity contribution in [3.8, 4) is 6.07 Å². The number of aryl methyl sites for hydroxylation is 1. The lowest BCUT2D eigenvalue weighted by molar-refractivity contribution is -0.977. The van der Waals surface area contributed by atoms with E-state index in [1.165, 1.54) is 11.1 Å². The second-order valence-corrected chi connectivity index (χ2v) is 8.72. The number of carbonyl (C=O) groups excluding carboxylic acids is 1. The third-order valence-electron chi connectivity index (χ3n) is 6.53. The summed E-state index contributed by atoms with van der Waals surface area (Å²) in [6, 6.07) is 16.4. The molecule has 0 radical (unpaired) electrons. The lowest BCUT2D eigenvalue weighted by atomic mass is 9.97. The van der Waals surface area contributed by atoms with Crippen molar-refractivity contribution < 1.29 is 9.28 Å². The molecule has 3 aromatic rings. The van der Waals surface area contributed by atoms with Crippen molar-refractivity contribution in [3.63, 3.8) is 0 Å². The number of imidazole rings is 1. The summed E-state index contributed by atoms with van der Waals surface area (Å²) in [5.41, 5.74) is 11.2. The summed E-state index contributed by atoms with van der Waals surface area (Å²) >= 11 is 0. The summed E-state index contributed by atoms with van der Waals surface area (Å²) in [4.78, 5) is 19.1. The number of nitrogens with zero attached hydrogens (tertiary/aromatic N) is 3. The zero-order valence-electron chi connectivity index (χ0n) is 18.3. The highest BCUT2D eigenvalue weighted by molar-refractivity contribution is 5.94. The highest BCUT2D eigenvalue weighted by Crippen LogP contribution is 2.28. The topological polar surface area (TPSA) is 108 Å². The normalized spacial score (nSPS) is 20.6. The fraction of sp³-hybridized carbons (Fsp3) is 0.320. The van der Waals surface area contributed by atoms with Gasteiger partial charge < -0.3 is 20.5 Å². The number of H-pyrrole nitrogens is 1. The maximum absolute atomic E-state index is 11.7. The molecule has 7 nitrogen and oxygen atoms in total. The SMILES string of the molecule is Cc1cc(C[N+]2(Cc3ccc(C#N)cc3)CCNCC2Cc2cnc[nH]2)ccc1C(N)=O. The summed E-state index contributed by atoms with van der Waals surface area (Å²) in [5, 5.41) is 12.7. The van der Waals surface area contributed by atoms with E-state index < -0.39 is 5.91 Å². The fourth-order valence-corrected chi connectivity index (χ4v) is 4.85. The van der Waals surface area contributed by atoms with Crippen LogP contribution in [0.3, 0.4) is 0 Å². The second-order valence-electron chi connectivity index (χ2n) is 8.72. The van der Waals surface area contributed by atoms with E-state index in [9.17, 15) is 4.79 Å². The minimum Gasteiger partial charge on any atom is -0.366 e. The van der Waals surface area contributed by atoms with Gasteiger partial charge in [-0.15, -0.1) is 0 Å². The number of carbonyl (C=O) groups is 1. The number of piperazine rings is 1. The van der Waals surface area contributed by atoms with Crippen LogP contribution < -0.4 is 11.1 Å². The molecule has 1 fully saturated rings. The Bertz CT molecular complexity index is 1120. The summed E-state index contributed by atoms with van der Waals surface area (Å²) in [5.74, 6) is -0.394. The number of nitrogens with one attached hydrogen (secondary N) is 2. The monoisotopic (exact) mass is 429 g/mol. The number of primary amides is 1. The van der Waals surface area contributed by atoms with Gasteiger partial charge in [0, 0.05) is 48.1 Å². The predicted octanol–water partition coefficient (Wildman–Crippen LogP) is 2.42. The molecule has 0 spiro atoms. The first-order valence-corrected chi connectivity index (χ1v) is 10.9. The predicted molar refractivity (Wildman–Crippen MR) is 122 cm³/mol. The highest BCUT2D eigenvalue weighted by atomic mass is 16.1. The Labute approximate surface area is 188 Å². The number of aromatic nitrogens is 2. The molecule has 4 N–H and O–H groups in total. The number of hydrogen-bond donors (Lipinski definition) is 3. The number of nitrogens with two attached hydrogens (primary N) is 1. The average molecular weight is 430 g/mol. The average Bonchev–Trinajstić information content (AvgIpc) is 3.29. The van der Waals surface area contributed by atoms with E-state index in [0.29, 0.717) is 17.2 Å². The van der Waals surface area contributed by atoms with Crippen molar-refractivity contribution in [2.24, 2.45) is 5.73 Å². The summed E-state index contributed by atoms with van der Waals surface area (Å²) < 4.78 is 0.882. The molecule has 7 heteroatoms. The van der Waals surface area contributed by atoms with E-state index in [1.807, 2.05) is 37.4 Å². The first-order valence-electron chi connectivity index (χ1n) is 10.9. The standard InChI is InChI=1S/C25H28N6O/c1-18-10-21(6-7-24(18)25(27)32)16-31(15-20-4-2-19(12-26)3-5-20)9-8-28-14-23(31)11-22-13-29-17-30-22/h2-7,10,13,17,23,28H,8-9,11,14-16H2,1H3,(H2-,27,29,30,32)/p+1. The molecule has 4 rings (SSSR count). The fourth-order valence-electron chi connectivity index (χ4n) is 4.85. The van der Waals surface area contributed by atoms with Crippen LogP contribution in [0.25, 0.3) is 0 Å². The Balaban J connectivity index is 1.69. The molecule has 2 unspecified atom stereocenters. The highest BCUT2D eigenvalue weighted by Gasteiger charge is 2.40. The van der Waals surface area contributed by atoms with Gasteiger partial charge in [-0.2, -0.15) is 5.26 Å². The van der Waals surface area contributed by atoms with E-state index in [-0.39, 0.29) is 0 Å². The Morgan fingerprint density at radius 1 is 1.22 bits per heavy atom. The molecule has 1 aliphatic heterocycles. The van der Waals surface area contributed by atoms with Gasteiger partial charge in [-0.3, -0.25) is 4.79 Å². The number of hydrogen-bond acceptors (Lipinski definition) is 4. The summed E-state index contributed by atoms with van der Waals surface area (Å²) in [7, 11) is 0. The maximum Gasteiger partial charge on any atom is 0.248 e. The number of aromatic amines is 1. The van der Waals surface area contributed by atoms with Gasteiger partial charge in [0.25, 0.3) is 0 Å². The van der Waals surface area contributed by atoms with Crippen molar-refractivity contribution >= 4 is 5.91 Å². The first kappa shape index (κ1) is 21.8. The molecule has 2 atom stereocenters. The van der Waals surface area contributed by atoms with Gasteiger partial charge in [0.2, 0.25) is 5.91 Å². The smallest absolute Gasteiger partial charge is 0.248 e. The summed E-state index contributed by atoms with van der Waals surface area (Å²) in [6.45, 7) is 6.48. The third-order valence-corrected chi connectivity index (χ3v) is 6.53. The van der Waals surface area contributed by atoms with Crippen LogP contribution >= 0.6 is 0 Å². The molecule has 32 heavy (non-hydrogen) atoms. The molecule has 0 saturated carbocycles. The molecule has 164 valence electrons. The van der Waals surface area contributed by atoms with Gasteiger partial charge >= 0.3 is 0 Å². The van der Waals surface area contributed by atoms with E-state index in [1.54, 1.807) is 6.33 Å². The number of benzene rings is 2. The minimum atomic E-state index is -0.394. The molecular formula is C25H29N6O+. The molecule has 1 aliphatic rings. The van der Waals surface area contributed by atoms with Crippen molar-refractivity contribution in [1.29, 1.82) is 5.26 Å². The number of rotatable bonds is 7. The Kier molecular flexibility index (Phi) is 6.35. The van der Waals surface area contributed by atoms with Crippen LogP contribution in [0.5, 0.6) is 0 Å². The van der Waals surface area contributed by atoms with Crippen LogP contribution in [0.4, 0.5) is 0 Å². The van der Waals surface area contributed by atoms with Crippen molar-refractivity contribution in [1.82, 2.24) is 15.3 Å². The van der Waals surface area contributed by atoms with E-state index in [0.717, 1.165) is 54.9 Å². The molecule has 1 saturated heterocycles. The maximum atomic E-state index is 11.7. The van der Waals surface area contributed by atoms with Crippen molar-refractivity contribution in [3.05, 3.63) is 88.5 Å². The third kappa shape index (κ3) is 4.72. The van der Waals surface area contributed by atoms with Crippen LogP contribution in [-0.4, -0.2) is 46.0 Å². The molecule has 0 bridgehead atoms. The number of nitriles is 1. The van der Waals surface area contributed by atoms with Crippen LogP contribution in [0, 0.1) is 18.3 Å². The zero-order chi connectivity index (χ0) is 22.6. The number of quaternary nitrogens is 1. The van der Waals surface area contributed by atoms with Gasteiger partial charge in [-0.25, -0.2) is 4.98 Å². The lowest BCUT2D eigenvalue weighted by Crippen LogP contribution is -2.64. The Hall–Kier alpha value is -3.47. The van der Waals surface area contributed by atoms with Crippen LogP contribution in [0.15, 0.2) is 55.0 Å². The zero-order valence-corrected chi connectivity index (χ0v) is 18.3. The van der Waals surface area contributed by atoms with Gasteiger partial charge in [0.1, 0.15) is 19.1 Å². The van der Waals surface area contributed by atoms with Crippen molar-refractivity contribution in [2.75, 3.05) is 19.6 Å². The Morgan fingerprint density at radius 2 is 1.97 bits per heavy atom. The van der Waals surface area contributed by atoms with Gasteiger partial charge in [-0.1, -0.05) is 18.2 Å². The van der Waals surface area contributed by atoms with Gasteiger partial charge in [-0.05, 0) is 36.8 Å². The van der Waals surface area contributed by atoms with Crippen molar-refractivity contribution in [2.45, 2.75) is 32.5 Å². The molecule has 2 heterocycles. The molecule has 1 amide bonds. The summed E-state index contributed by atoms with van der Waals surface area (Å²) in [6.07, 6.45) is 4.52. The molecule has 0 aliphatic carbocycles. The largest absolute Gasteiger partial charge is 0.366 e. The van der Waals surface area contributed by atoms with Gasteiger partial charge in [0.15, 0.2) is 0 Å². The lowest BCUT2D eigenvalue weighted by Gasteiger charge is -2.48.